The van der Waals surface area contributed by atoms with Gasteiger partial charge in [-0.2, -0.15) is 0 Å². The van der Waals surface area contributed by atoms with Gasteiger partial charge in [0.25, 0.3) is 5.91 Å². The van der Waals surface area contributed by atoms with Crippen LogP contribution in [0.4, 0.5) is 0 Å². The van der Waals surface area contributed by atoms with Crippen molar-refractivity contribution in [1.29, 1.82) is 0 Å². The normalized spacial score (nSPS) is 14.9. The maximum Gasteiger partial charge on any atom is 0.254 e. The molecule has 1 N–H and O–H groups in total. The molecule has 1 aromatic rings. The second-order valence-corrected chi connectivity index (χ2v) is 4.99. The van der Waals surface area contributed by atoms with Crippen molar-refractivity contribution in [3.05, 3.63) is 23.8 Å². The van der Waals surface area contributed by atoms with Crippen LogP contribution < -0.4 is 14.8 Å². The molecule has 0 unspecified atom stereocenters. The van der Waals surface area contributed by atoms with Crippen molar-refractivity contribution in [2.45, 2.75) is 20.3 Å². The van der Waals surface area contributed by atoms with Crippen LogP contribution in [0.2, 0.25) is 0 Å². The van der Waals surface area contributed by atoms with Gasteiger partial charge in [0.1, 0.15) is 0 Å². The molecule has 0 radical (unpaired) electrons. The molecule has 1 fully saturated rings. The highest BCUT2D eigenvalue weighted by Crippen LogP contribution is 2.29. The van der Waals surface area contributed by atoms with Gasteiger partial charge in [0, 0.05) is 31.7 Å². The number of carbonyl (C=O) groups excluding carboxylic acids is 1. The summed E-state index contributed by atoms with van der Waals surface area (Å²) < 4.78 is 11.3. The van der Waals surface area contributed by atoms with Crippen LogP contribution in [0, 0.1) is 0 Å². The second kappa shape index (κ2) is 7.88. The minimum Gasteiger partial charge on any atom is -0.490 e. The summed E-state index contributed by atoms with van der Waals surface area (Å²) in [6, 6.07) is 5.44. The summed E-state index contributed by atoms with van der Waals surface area (Å²) in [5.41, 5.74) is 0.657. The number of nitrogens with zero attached hydrogens (tertiary/aromatic N) is 1. The van der Waals surface area contributed by atoms with Crippen molar-refractivity contribution in [2.24, 2.45) is 0 Å². The van der Waals surface area contributed by atoms with Crippen LogP contribution in [0.3, 0.4) is 0 Å². The predicted octanol–water partition coefficient (Wildman–Crippen LogP) is 1.92. The molecular weight excluding hydrogens is 268 g/mol. The third kappa shape index (κ3) is 4.11. The van der Waals surface area contributed by atoms with Crippen molar-refractivity contribution in [3.63, 3.8) is 0 Å². The molecule has 116 valence electrons. The summed E-state index contributed by atoms with van der Waals surface area (Å²) in [5, 5.41) is 3.25. The molecule has 5 nitrogen and oxygen atoms in total. The van der Waals surface area contributed by atoms with Crippen molar-refractivity contribution in [3.8, 4) is 11.5 Å². The third-order valence-corrected chi connectivity index (χ3v) is 3.36. The second-order valence-electron chi connectivity index (χ2n) is 4.99. The average Bonchev–Trinajstić information content (AvgIpc) is 2.54. The Morgan fingerprint density at radius 3 is 2.62 bits per heavy atom. The van der Waals surface area contributed by atoms with Gasteiger partial charge < -0.3 is 19.7 Å². The lowest BCUT2D eigenvalue weighted by Gasteiger charge is -2.27. The zero-order valence-electron chi connectivity index (χ0n) is 12.9. The van der Waals surface area contributed by atoms with Crippen LogP contribution in [0.15, 0.2) is 18.2 Å². The first-order valence-electron chi connectivity index (χ1n) is 7.66. The molecule has 1 saturated heterocycles. The van der Waals surface area contributed by atoms with Gasteiger partial charge in [-0.3, -0.25) is 4.79 Å². The summed E-state index contributed by atoms with van der Waals surface area (Å²) in [4.78, 5) is 14.4. The fraction of sp³-hybridized carbons (Fsp3) is 0.562. The standard InChI is InChI=1S/C16H24N2O3/c1-3-11-21-14-6-5-13(12-15(14)20-4-2)16(19)18-9-7-17-8-10-18/h5-6,12,17H,3-4,7-11H2,1-2H3. The number of piperazine rings is 1. The maximum atomic E-state index is 12.5. The molecule has 1 heterocycles. The largest absolute Gasteiger partial charge is 0.490 e. The lowest BCUT2D eigenvalue weighted by atomic mass is 10.1. The zero-order chi connectivity index (χ0) is 15.1. The summed E-state index contributed by atoms with van der Waals surface area (Å²) in [6.07, 6.45) is 0.938. The van der Waals surface area contributed by atoms with E-state index in [1.807, 2.05) is 24.0 Å². The predicted molar refractivity (Wildman–Crippen MR) is 82.2 cm³/mol. The number of carbonyl (C=O) groups is 1. The Morgan fingerprint density at radius 1 is 1.19 bits per heavy atom. The minimum absolute atomic E-state index is 0.0551. The number of amides is 1. The SMILES string of the molecule is CCCOc1ccc(C(=O)N2CCNCC2)cc1OCC. The molecule has 0 aromatic heterocycles. The van der Waals surface area contributed by atoms with E-state index in [2.05, 4.69) is 12.2 Å². The maximum absolute atomic E-state index is 12.5. The molecule has 0 spiro atoms. The van der Waals surface area contributed by atoms with E-state index in [1.165, 1.54) is 0 Å². The Labute approximate surface area is 126 Å². The van der Waals surface area contributed by atoms with Gasteiger partial charge in [-0.25, -0.2) is 0 Å². The number of benzene rings is 1. The van der Waals surface area contributed by atoms with E-state index in [1.54, 1.807) is 6.07 Å². The van der Waals surface area contributed by atoms with Gasteiger partial charge in [0.2, 0.25) is 0 Å². The molecule has 0 atom stereocenters. The number of hydrogen-bond donors (Lipinski definition) is 1. The first-order valence-corrected chi connectivity index (χ1v) is 7.66. The van der Waals surface area contributed by atoms with E-state index in [0.717, 1.165) is 32.6 Å². The van der Waals surface area contributed by atoms with Gasteiger partial charge in [-0.15, -0.1) is 0 Å². The minimum atomic E-state index is 0.0551. The number of ether oxygens (including phenoxy) is 2. The van der Waals surface area contributed by atoms with E-state index in [-0.39, 0.29) is 5.91 Å². The molecular formula is C16H24N2O3. The number of hydrogen-bond acceptors (Lipinski definition) is 4. The number of rotatable bonds is 6. The Kier molecular flexibility index (Phi) is 5.87. The third-order valence-electron chi connectivity index (χ3n) is 3.36. The van der Waals surface area contributed by atoms with Gasteiger partial charge >= 0.3 is 0 Å². The van der Waals surface area contributed by atoms with Crippen LogP contribution in [-0.2, 0) is 0 Å². The molecule has 0 aliphatic carbocycles. The van der Waals surface area contributed by atoms with Crippen LogP contribution in [0.5, 0.6) is 11.5 Å². The molecule has 0 saturated carbocycles. The van der Waals surface area contributed by atoms with Gasteiger partial charge in [0.15, 0.2) is 11.5 Å². The molecule has 1 aliphatic rings. The van der Waals surface area contributed by atoms with E-state index in [4.69, 9.17) is 9.47 Å². The molecule has 21 heavy (non-hydrogen) atoms. The van der Waals surface area contributed by atoms with Crippen LogP contribution >= 0.6 is 0 Å². The van der Waals surface area contributed by atoms with Crippen molar-refractivity contribution < 1.29 is 14.3 Å². The molecule has 0 bridgehead atoms. The highest BCUT2D eigenvalue weighted by atomic mass is 16.5. The van der Waals surface area contributed by atoms with Gasteiger partial charge in [0.05, 0.1) is 13.2 Å². The smallest absolute Gasteiger partial charge is 0.254 e. The van der Waals surface area contributed by atoms with E-state index >= 15 is 0 Å². The Morgan fingerprint density at radius 2 is 1.95 bits per heavy atom. The lowest BCUT2D eigenvalue weighted by molar-refractivity contribution is 0.0735. The van der Waals surface area contributed by atoms with E-state index < -0.39 is 0 Å². The summed E-state index contributed by atoms with van der Waals surface area (Å²) in [7, 11) is 0. The Balaban J connectivity index is 2.15. The van der Waals surface area contributed by atoms with Crippen LogP contribution in [-0.4, -0.2) is 50.2 Å². The molecule has 2 rings (SSSR count). The fourth-order valence-corrected chi connectivity index (χ4v) is 2.29. The van der Waals surface area contributed by atoms with E-state index in [9.17, 15) is 4.79 Å². The number of nitrogens with one attached hydrogen (secondary N) is 1. The fourth-order valence-electron chi connectivity index (χ4n) is 2.29. The monoisotopic (exact) mass is 292 g/mol. The Hall–Kier alpha value is -1.75. The Bertz CT molecular complexity index is 471. The molecule has 5 heteroatoms. The lowest BCUT2D eigenvalue weighted by Crippen LogP contribution is -2.46. The topological polar surface area (TPSA) is 50.8 Å². The quantitative estimate of drug-likeness (QED) is 0.870. The molecule has 1 aromatic carbocycles. The van der Waals surface area contributed by atoms with Gasteiger partial charge in [-0.05, 0) is 31.5 Å². The average molecular weight is 292 g/mol. The highest BCUT2D eigenvalue weighted by Gasteiger charge is 2.19. The van der Waals surface area contributed by atoms with Crippen molar-refractivity contribution >= 4 is 5.91 Å². The summed E-state index contributed by atoms with van der Waals surface area (Å²) >= 11 is 0. The summed E-state index contributed by atoms with van der Waals surface area (Å²) in [5.74, 6) is 1.40. The molecule has 1 aliphatic heterocycles. The van der Waals surface area contributed by atoms with Crippen LogP contribution in [0.1, 0.15) is 30.6 Å². The first-order chi connectivity index (χ1) is 10.3. The zero-order valence-corrected chi connectivity index (χ0v) is 12.9. The van der Waals surface area contributed by atoms with Crippen molar-refractivity contribution in [2.75, 3.05) is 39.4 Å². The van der Waals surface area contributed by atoms with Crippen LogP contribution in [0.25, 0.3) is 0 Å². The molecule has 1 amide bonds. The van der Waals surface area contributed by atoms with Gasteiger partial charge in [-0.1, -0.05) is 6.92 Å². The highest BCUT2D eigenvalue weighted by molar-refractivity contribution is 5.95. The van der Waals surface area contributed by atoms with Crippen molar-refractivity contribution in [1.82, 2.24) is 10.2 Å². The summed E-state index contributed by atoms with van der Waals surface area (Å²) in [6.45, 7) is 8.37. The van der Waals surface area contributed by atoms with E-state index in [0.29, 0.717) is 30.3 Å². The first kappa shape index (κ1) is 15.6.